The predicted octanol–water partition coefficient (Wildman–Crippen LogP) is 4.56. The zero-order valence-electron chi connectivity index (χ0n) is 18.9. The van der Waals surface area contributed by atoms with Gasteiger partial charge in [0.1, 0.15) is 0 Å². The molecule has 3 atom stereocenters. The number of likely N-dealkylation sites (tertiary alicyclic amines) is 2. The second-order valence-corrected chi connectivity index (χ2v) is 9.77. The molecule has 0 N–H and O–H groups in total. The van der Waals surface area contributed by atoms with Crippen molar-refractivity contribution in [2.75, 3.05) is 50.8 Å². The lowest BCUT2D eigenvalue weighted by Gasteiger charge is -2.35. The monoisotopic (exact) mass is 529 g/mol. The van der Waals surface area contributed by atoms with Gasteiger partial charge in [-0.1, -0.05) is 17.7 Å². The summed E-state index contributed by atoms with van der Waals surface area (Å²) in [5.74, 6) is -0.130. The van der Waals surface area contributed by atoms with E-state index >= 15 is 0 Å². The Balaban J connectivity index is 1.31. The van der Waals surface area contributed by atoms with E-state index in [1.165, 1.54) is 0 Å². The third kappa shape index (κ3) is 5.91. The maximum atomic E-state index is 12.7. The number of rotatable bonds is 4. The highest BCUT2D eigenvalue weighted by molar-refractivity contribution is 6.31. The van der Waals surface area contributed by atoms with Gasteiger partial charge >= 0.3 is 18.4 Å². The van der Waals surface area contributed by atoms with Crippen LogP contribution in [-0.2, 0) is 16.0 Å². The van der Waals surface area contributed by atoms with Crippen molar-refractivity contribution in [2.45, 2.75) is 38.0 Å². The van der Waals surface area contributed by atoms with E-state index in [0.717, 1.165) is 22.7 Å². The van der Waals surface area contributed by atoms with E-state index in [4.69, 9.17) is 16.3 Å². The summed E-state index contributed by atoms with van der Waals surface area (Å²) < 4.78 is 85.5. The Labute approximate surface area is 203 Å². The Hall–Kier alpha value is -1.92. The fourth-order valence-corrected chi connectivity index (χ4v) is 5.29. The van der Waals surface area contributed by atoms with Crippen LogP contribution in [0.3, 0.4) is 0 Å². The first-order chi connectivity index (χ1) is 16.3. The van der Waals surface area contributed by atoms with Crippen molar-refractivity contribution >= 4 is 23.4 Å². The van der Waals surface area contributed by atoms with Crippen LogP contribution in [0.15, 0.2) is 18.2 Å². The number of ether oxygens (including phenoxy) is 2. The van der Waals surface area contributed by atoms with Crippen LogP contribution in [-0.4, -0.2) is 86.3 Å². The van der Waals surface area contributed by atoms with Gasteiger partial charge in [0.2, 0.25) is 0 Å². The minimum absolute atomic E-state index is 0.0457. The van der Waals surface area contributed by atoms with Gasteiger partial charge < -0.3 is 19.3 Å². The van der Waals surface area contributed by atoms with E-state index in [1.54, 1.807) is 0 Å². The van der Waals surface area contributed by atoms with E-state index in [9.17, 15) is 31.1 Å². The van der Waals surface area contributed by atoms with E-state index in [-0.39, 0.29) is 31.0 Å². The molecule has 6 nitrogen and oxygen atoms in total. The standard InChI is InChI=1S/C22H26ClF6N3O3/c1-13-12-34-5-4-32(13)17-3-2-14(18(23)6-17)7-30-8-15-10-31(11-16(15)9-30)20(33)35-19(21(24,25)26)22(27,28)29/h2-3,6,13,15-16,19H,4-5,7-12H2,1H3. The van der Waals surface area contributed by atoms with Gasteiger partial charge in [-0.3, -0.25) is 4.90 Å². The number of carbonyl (C=O) groups excluding carboxylic acids is 1. The highest BCUT2D eigenvalue weighted by Gasteiger charge is 2.60. The Morgan fingerprint density at radius 1 is 1.11 bits per heavy atom. The molecule has 0 spiro atoms. The van der Waals surface area contributed by atoms with Crippen LogP contribution in [0.4, 0.5) is 36.8 Å². The van der Waals surface area contributed by atoms with Crippen molar-refractivity contribution in [2.24, 2.45) is 11.8 Å². The molecule has 1 aromatic carbocycles. The number of morpholine rings is 1. The van der Waals surface area contributed by atoms with Crippen LogP contribution in [0, 0.1) is 11.8 Å². The maximum Gasteiger partial charge on any atom is 0.434 e. The molecule has 3 saturated heterocycles. The largest absolute Gasteiger partial charge is 0.434 e. The van der Waals surface area contributed by atoms with Gasteiger partial charge in [-0.2, -0.15) is 26.3 Å². The summed E-state index contributed by atoms with van der Waals surface area (Å²) in [7, 11) is 0. The Morgan fingerprint density at radius 2 is 1.74 bits per heavy atom. The summed E-state index contributed by atoms with van der Waals surface area (Å²) >= 11 is 6.54. The second-order valence-electron chi connectivity index (χ2n) is 9.36. The zero-order valence-corrected chi connectivity index (χ0v) is 19.7. The number of anilines is 1. The molecule has 0 aromatic heterocycles. The summed E-state index contributed by atoms with van der Waals surface area (Å²) in [6.45, 7) is 5.90. The summed E-state index contributed by atoms with van der Waals surface area (Å²) in [4.78, 5) is 17.3. The molecule has 3 unspecified atom stereocenters. The molecule has 3 aliphatic heterocycles. The van der Waals surface area contributed by atoms with Crippen LogP contribution in [0.2, 0.25) is 5.02 Å². The molecular weight excluding hydrogens is 504 g/mol. The van der Waals surface area contributed by atoms with Crippen LogP contribution in [0.25, 0.3) is 0 Å². The van der Waals surface area contributed by atoms with Gasteiger partial charge in [-0.25, -0.2) is 4.79 Å². The molecular formula is C22H26ClF6N3O3. The molecule has 0 aliphatic carbocycles. The van der Waals surface area contributed by atoms with Crippen LogP contribution in [0.1, 0.15) is 12.5 Å². The predicted molar refractivity (Wildman–Crippen MR) is 115 cm³/mol. The molecule has 1 aromatic rings. The zero-order chi connectivity index (χ0) is 25.5. The molecule has 3 heterocycles. The Bertz CT molecular complexity index is 903. The minimum Gasteiger partial charge on any atom is -0.426 e. The molecule has 0 bridgehead atoms. The number of amides is 1. The van der Waals surface area contributed by atoms with Gasteiger partial charge in [0.15, 0.2) is 0 Å². The topological polar surface area (TPSA) is 45.2 Å². The quantitative estimate of drug-likeness (QED) is 0.535. The van der Waals surface area contributed by atoms with Gasteiger partial charge in [-0.05, 0) is 36.5 Å². The molecule has 13 heteroatoms. The van der Waals surface area contributed by atoms with Crippen molar-refractivity contribution in [3.05, 3.63) is 28.8 Å². The van der Waals surface area contributed by atoms with Crippen LogP contribution >= 0.6 is 11.6 Å². The molecule has 3 aliphatic rings. The van der Waals surface area contributed by atoms with Crippen molar-refractivity contribution in [3.8, 4) is 0 Å². The Morgan fingerprint density at radius 3 is 2.29 bits per heavy atom. The summed E-state index contributed by atoms with van der Waals surface area (Å²) in [5.41, 5.74) is 1.93. The lowest BCUT2D eigenvalue weighted by molar-refractivity contribution is -0.308. The number of fused-ring (bicyclic) bond motifs is 1. The smallest absolute Gasteiger partial charge is 0.426 e. The molecule has 4 rings (SSSR count). The first-order valence-corrected chi connectivity index (χ1v) is 11.6. The van der Waals surface area contributed by atoms with Crippen molar-refractivity contribution in [3.63, 3.8) is 0 Å². The lowest BCUT2D eigenvalue weighted by atomic mass is 10.0. The Kier molecular flexibility index (Phi) is 7.36. The number of hydrogen-bond donors (Lipinski definition) is 0. The molecule has 3 fully saturated rings. The summed E-state index contributed by atoms with van der Waals surface area (Å²) in [5, 5.41) is 0.619. The molecule has 35 heavy (non-hydrogen) atoms. The maximum absolute atomic E-state index is 12.7. The average molecular weight is 530 g/mol. The van der Waals surface area contributed by atoms with Gasteiger partial charge in [0.25, 0.3) is 6.10 Å². The third-order valence-corrected chi connectivity index (χ3v) is 7.12. The molecule has 0 radical (unpaired) electrons. The number of halogens is 7. The van der Waals surface area contributed by atoms with Crippen LogP contribution < -0.4 is 4.90 Å². The first-order valence-electron chi connectivity index (χ1n) is 11.3. The number of nitrogens with zero attached hydrogens (tertiary/aromatic N) is 3. The molecule has 0 saturated carbocycles. The number of alkyl halides is 6. The fraction of sp³-hybridized carbons (Fsp3) is 0.682. The van der Waals surface area contributed by atoms with Gasteiger partial charge in [0, 0.05) is 56.0 Å². The highest BCUT2D eigenvalue weighted by Crippen LogP contribution is 2.38. The number of benzene rings is 1. The summed E-state index contributed by atoms with van der Waals surface area (Å²) in [6, 6.07) is 6.13. The number of carbonyl (C=O) groups is 1. The van der Waals surface area contributed by atoms with E-state index < -0.39 is 24.5 Å². The summed E-state index contributed by atoms with van der Waals surface area (Å²) in [6.07, 6.45) is -17.2. The average Bonchev–Trinajstić information content (AvgIpc) is 3.31. The van der Waals surface area contributed by atoms with Crippen molar-refractivity contribution in [1.29, 1.82) is 0 Å². The van der Waals surface area contributed by atoms with Gasteiger partial charge in [0.05, 0.1) is 13.2 Å². The molecule has 1 amide bonds. The highest BCUT2D eigenvalue weighted by atomic mass is 35.5. The SMILES string of the molecule is CC1COCCN1c1ccc(CN2CC3CN(C(=O)OC(C(F)(F)F)C(F)(F)F)CC3C2)c(Cl)c1. The molecule has 196 valence electrons. The normalized spacial score (nSPS) is 25.9. The van der Waals surface area contributed by atoms with Crippen molar-refractivity contribution in [1.82, 2.24) is 9.80 Å². The third-order valence-electron chi connectivity index (χ3n) is 6.76. The fourth-order valence-electron chi connectivity index (χ4n) is 5.06. The first kappa shape index (κ1) is 26.2. The van der Waals surface area contributed by atoms with E-state index in [0.29, 0.717) is 37.9 Å². The van der Waals surface area contributed by atoms with Gasteiger partial charge in [-0.15, -0.1) is 0 Å². The number of hydrogen-bond acceptors (Lipinski definition) is 5. The minimum atomic E-state index is -5.73. The van der Waals surface area contributed by atoms with E-state index in [2.05, 4.69) is 21.5 Å². The van der Waals surface area contributed by atoms with Crippen LogP contribution in [0.5, 0.6) is 0 Å². The van der Waals surface area contributed by atoms with Crippen molar-refractivity contribution < 1.29 is 40.6 Å². The second kappa shape index (κ2) is 9.85. The van der Waals surface area contributed by atoms with E-state index in [1.807, 2.05) is 18.2 Å². The lowest BCUT2D eigenvalue weighted by Crippen LogP contribution is -2.48.